The van der Waals surface area contributed by atoms with Crippen LogP contribution in [0.1, 0.15) is 31.7 Å². The largest absolute Gasteiger partial charge is 0.293 e. The highest BCUT2D eigenvalue weighted by Gasteiger charge is 2.34. The molecule has 6 nitrogen and oxygen atoms in total. The van der Waals surface area contributed by atoms with Gasteiger partial charge < -0.3 is 0 Å². The second-order valence-electron chi connectivity index (χ2n) is 4.89. The molecule has 1 aromatic carbocycles. The van der Waals surface area contributed by atoms with Crippen LogP contribution in [0.5, 0.6) is 0 Å². The summed E-state index contributed by atoms with van der Waals surface area (Å²) in [6, 6.07) is 5.98. The molecule has 22 heavy (non-hydrogen) atoms. The molecule has 0 unspecified atom stereocenters. The van der Waals surface area contributed by atoms with E-state index in [1.54, 1.807) is 12.1 Å². The van der Waals surface area contributed by atoms with Crippen LogP contribution < -0.4 is 0 Å². The van der Waals surface area contributed by atoms with Gasteiger partial charge in [0.25, 0.3) is 16.8 Å². The minimum atomic E-state index is -0.492. The first-order valence-electron chi connectivity index (χ1n) is 7.02. The van der Waals surface area contributed by atoms with Gasteiger partial charge in [-0.3, -0.25) is 24.6 Å². The normalized spacial score (nSPS) is 16.6. The standard InChI is InChI=1S/C15H16N2O4S/c1-2-3-4-8-16-14(18)13(22-15(16)19)10-11-6-5-7-12(9-11)17(20)21/h5-7,9-10H,2-4,8H2,1H3/b13-10-. The van der Waals surface area contributed by atoms with Gasteiger partial charge in [-0.05, 0) is 29.8 Å². The van der Waals surface area contributed by atoms with E-state index in [1.165, 1.54) is 23.1 Å². The van der Waals surface area contributed by atoms with Crippen LogP contribution in [0, 0.1) is 10.1 Å². The van der Waals surface area contributed by atoms with E-state index < -0.39 is 4.92 Å². The third-order valence-corrected chi connectivity index (χ3v) is 4.15. The van der Waals surface area contributed by atoms with Gasteiger partial charge in [-0.15, -0.1) is 0 Å². The van der Waals surface area contributed by atoms with Crippen molar-refractivity contribution in [2.45, 2.75) is 26.2 Å². The zero-order chi connectivity index (χ0) is 16.1. The van der Waals surface area contributed by atoms with Gasteiger partial charge in [0.15, 0.2) is 0 Å². The molecule has 0 aliphatic carbocycles. The zero-order valence-corrected chi connectivity index (χ0v) is 13.0. The van der Waals surface area contributed by atoms with Crippen molar-refractivity contribution in [3.8, 4) is 0 Å². The summed E-state index contributed by atoms with van der Waals surface area (Å²) in [6.07, 6.45) is 4.29. The van der Waals surface area contributed by atoms with E-state index in [0.717, 1.165) is 31.0 Å². The number of unbranched alkanes of at least 4 members (excludes halogenated alkanes) is 2. The number of nitro benzene ring substituents is 1. The quantitative estimate of drug-likeness (QED) is 0.344. The van der Waals surface area contributed by atoms with E-state index in [4.69, 9.17) is 0 Å². The van der Waals surface area contributed by atoms with Gasteiger partial charge in [-0.2, -0.15) is 0 Å². The maximum absolute atomic E-state index is 12.2. The summed E-state index contributed by atoms with van der Waals surface area (Å²) in [5.41, 5.74) is 0.490. The lowest BCUT2D eigenvalue weighted by Crippen LogP contribution is -2.29. The molecule has 2 rings (SSSR count). The number of hydrogen-bond acceptors (Lipinski definition) is 5. The van der Waals surface area contributed by atoms with Crippen molar-refractivity contribution in [3.05, 3.63) is 44.8 Å². The summed E-state index contributed by atoms with van der Waals surface area (Å²) in [5.74, 6) is -0.322. The first-order valence-corrected chi connectivity index (χ1v) is 7.84. The molecule has 1 aliphatic rings. The number of hydrogen-bond donors (Lipinski definition) is 0. The topological polar surface area (TPSA) is 80.5 Å². The summed E-state index contributed by atoms with van der Waals surface area (Å²) >= 11 is 0.878. The summed E-state index contributed by atoms with van der Waals surface area (Å²) in [4.78, 5) is 35.9. The molecular formula is C15H16N2O4S. The van der Waals surface area contributed by atoms with Gasteiger partial charge in [-0.1, -0.05) is 31.9 Å². The van der Waals surface area contributed by atoms with E-state index >= 15 is 0 Å². The Kier molecular flexibility index (Phi) is 5.32. The van der Waals surface area contributed by atoms with Crippen LogP contribution in [0.2, 0.25) is 0 Å². The maximum atomic E-state index is 12.2. The highest BCUT2D eigenvalue weighted by atomic mass is 32.2. The molecule has 7 heteroatoms. The van der Waals surface area contributed by atoms with Crippen LogP contribution >= 0.6 is 11.8 Å². The molecule has 2 amide bonds. The van der Waals surface area contributed by atoms with Crippen molar-refractivity contribution in [1.29, 1.82) is 0 Å². The SMILES string of the molecule is CCCCCN1C(=O)S/C(=C\c2cccc([N+](=O)[O-])c2)C1=O. The van der Waals surface area contributed by atoms with E-state index in [9.17, 15) is 19.7 Å². The number of nitro groups is 1. The molecule has 0 atom stereocenters. The third-order valence-electron chi connectivity index (χ3n) is 3.24. The van der Waals surface area contributed by atoms with E-state index in [0.29, 0.717) is 17.0 Å². The van der Waals surface area contributed by atoms with Crippen molar-refractivity contribution in [1.82, 2.24) is 4.90 Å². The molecule has 1 aliphatic heterocycles. The lowest BCUT2D eigenvalue weighted by molar-refractivity contribution is -0.384. The van der Waals surface area contributed by atoms with Gasteiger partial charge >= 0.3 is 0 Å². The predicted molar refractivity (Wildman–Crippen MR) is 85.3 cm³/mol. The van der Waals surface area contributed by atoms with Crippen LogP contribution in [0.4, 0.5) is 10.5 Å². The highest BCUT2D eigenvalue weighted by Crippen LogP contribution is 2.32. The van der Waals surface area contributed by atoms with E-state index in [2.05, 4.69) is 6.92 Å². The summed E-state index contributed by atoms with van der Waals surface area (Å²) < 4.78 is 0. The van der Waals surface area contributed by atoms with Crippen LogP contribution in [0.15, 0.2) is 29.2 Å². The number of imide groups is 1. The molecule has 0 spiro atoms. The fourth-order valence-corrected chi connectivity index (χ4v) is 2.96. The van der Waals surface area contributed by atoms with Gasteiger partial charge in [0, 0.05) is 18.7 Å². The minimum Gasteiger partial charge on any atom is -0.268 e. The number of carbonyl (C=O) groups excluding carboxylic acids is 2. The molecule has 1 fully saturated rings. The summed E-state index contributed by atoms with van der Waals surface area (Å²) in [5, 5.41) is 10.5. The van der Waals surface area contributed by atoms with Crippen LogP contribution in [0.3, 0.4) is 0 Å². The molecule has 1 saturated heterocycles. The maximum Gasteiger partial charge on any atom is 0.293 e. The molecule has 0 saturated carbocycles. The molecular weight excluding hydrogens is 304 g/mol. The van der Waals surface area contributed by atoms with E-state index in [1.807, 2.05) is 0 Å². The Morgan fingerprint density at radius 2 is 2.09 bits per heavy atom. The highest BCUT2D eigenvalue weighted by molar-refractivity contribution is 8.18. The Labute approximate surface area is 132 Å². The number of rotatable bonds is 6. The Hall–Kier alpha value is -2.15. The monoisotopic (exact) mass is 320 g/mol. The number of thioether (sulfide) groups is 1. The summed E-state index contributed by atoms with van der Waals surface area (Å²) in [7, 11) is 0. The molecule has 0 radical (unpaired) electrons. The van der Waals surface area contributed by atoms with Crippen molar-refractivity contribution in [2.24, 2.45) is 0 Å². The lowest BCUT2D eigenvalue weighted by atomic mass is 10.2. The average Bonchev–Trinajstić information content (AvgIpc) is 2.75. The fraction of sp³-hybridized carbons (Fsp3) is 0.333. The Bertz CT molecular complexity index is 642. The second-order valence-corrected chi connectivity index (χ2v) is 5.89. The molecule has 0 aromatic heterocycles. The van der Waals surface area contributed by atoms with Crippen molar-refractivity contribution >= 4 is 34.7 Å². The third kappa shape index (κ3) is 3.73. The smallest absolute Gasteiger partial charge is 0.268 e. The Balaban J connectivity index is 2.15. The predicted octanol–water partition coefficient (Wildman–Crippen LogP) is 3.82. The van der Waals surface area contributed by atoms with Gasteiger partial charge in [0.2, 0.25) is 0 Å². The molecule has 116 valence electrons. The zero-order valence-electron chi connectivity index (χ0n) is 12.2. The van der Waals surface area contributed by atoms with E-state index in [-0.39, 0.29) is 16.8 Å². The lowest BCUT2D eigenvalue weighted by Gasteiger charge is -2.11. The fourth-order valence-electron chi connectivity index (χ4n) is 2.09. The Morgan fingerprint density at radius 3 is 2.77 bits per heavy atom. The Morgan fingerprint density at radius 1 is 1.32 bits per heavy atom. The molecule has 1 heterocycles. The van der Waals surface area contributed by atoms with Crippen molar-refractivity contribution < 1.29 is 14.5 Å². The number of benzene rings is 1. The number of nitrogens with zero attached hydrogens (tertiary/aromatic N) is 2. The van der Waals surface area contributed by atoms with Crippen LogP contribution in [0.25, 0.3) is 6.08 Å². The first-order chi connectivity index (χ1) is 10.5. The van der Waals surface area contributed by atoms with Gasteiger partial charge in [-0.25, -0.2) is 0 Å². The molecule has 1 aromatic rings. The number of non-ortho nitro benzene ring substituents is 1. The number of amides is 2. The van der Waals surface area contributed by atoms with Crippen LogP contribution in [-0.4, -0.2) is 27.5 Å². The van der Waals surface area contributed by atoms with Gasteiger partial charge in [0.1, 0.15) is 0 Å². The average molecular weight is 320 g/mol. The first kappa shape index (κ1) is 16.2. The summed E-state index contributed by atoms with van der Waals surface area (Å²) in [6.45, 7) is 2.47. The molecule has 0 N–H and O–H groups in total. The number of carbonyl (C=O) groups is 2. The minimum absolute atomic E-state index is 0.0454. The van der Waals surface area contributed by atoms with Gasteiger partial charge in [0.05, 0.1) is 9.83 Å². The molecule has 0 bridgehead atoms. The van der Waals surface area contributed by atoms with Crippen molar-refractivity contribution in [2.75, 3.05) is 6.54 Å². The second kappa shape index (κ2) is 7.22. The van der Waals surface area contributed by atoms with Crippen molar-refractivity contribution in [3.63, 3.8) is 0 Å². The van der Waals surface area contributed by atoms with Crippen LogP contribution in [-0.2, 0) is 4.79 Å².